The molecule has 0 saturated heterocycles. The van der Waals surface area contributed by atoms with Crippen LogP contribution in [0.25, 0.3) is 0 Å². The van der Waals surface area contributed by atoms with Gasteiger partial charge in [0.15, 0.2) is 0 Å². The van der Waals surface area contributed by atoms with Crippen molar-refractivity contribution >= 4 is 27.6 Å². The quantitative estimate of drug-likeness (QED) is 0.517. The number of aryl methyl sites for hydroxylation is 2. The standard InChI is InChI=1S/C9H13N.C3H5BrO2/c1-3-8-4-5-9(10)7(2)6-8;1-6-3(5)2-4/h4-6H,3,10H2,1-2H3;2H2,1H3. The molecule has 0 aliphatic carbocycles. The van der Waals surface area contributed by atoms with Gasteiger partial charge in [-0.3, -0.25) is 4.79 Å². The third-order valence-corrected chi connectivity index (χ3v) is 2.54. The molecule has 0 radical (unpaired) electrons. The van der Waals surface area contributed by atoms with Crippen molar-refractivity contribution in [2.75, 3.05) is 18.2 Å². The van der Waals surface area contributed by atoms with Gasteiger partial charge in [-0.05, 0) is 30.5 Å². The number of hydrogen-bond acceptors (Lipinski definition) is 3. The molecule has 0 aromatic heterocycles. The maximum absolute atomic E-state index is 9.91. The molecule has 0 fully saturated rings. The lowest BCUT2D eigenvalue weighted by molar-refractivity contribution is -0.137. The van der Waals surface area contributed by atoms with Gasteiger partial charge >= 0.3 is 5.97 Å². The summed E-state index contributed by atoms with van der Waals surface area (Å²) >= 11 is 2.90. The lowest BCUT2D eigenvalue weighted by Gasteiger charge is -2.01. The summed E-state index contributed by atoms with van der Waals surface area (Å²) in [4.78, 5) is 9.91. The van der Waals surface area contributed by atoms with Gasteiger partial charge in [0.2, 0.25) is 0 Å². The van der Waals surface area contributed by atoms with Crippen molar-refractivity contribution in [2.45, 2.75) is 20.3 Å². The second-order valence-electron chi connectivity index (χ2n) is 3.25. The van der Waals surface area contributed by atoms with Gasteiger partial charge in [-0.25, -0.2) is 0 Å². The summed E-state index contributed by atoms with van der Waals surface area (Å²) in [6, 6.07) is 6.17. The highest BCUT2D eigenvalue weighted by molar-refractivity contribution is 9.09. The van der Waals surface area contributed by atoms with Gasteiger partial charge in [0, 0.05) is 5.69 Å². The Labute approximate surface area is 105 Å². The molecule has 2 N–H and O–H groups in total. The second-order valence-corrected chi connectivity index (χ2v) is 3.81. The van der Waals surface area contributed by atoms with Gasteiger partial charge in [0.05, 0.1) is 7.11 Å². The summed E-state index contributed by atoms with van der Waals surface area (Å²) < 4.78 is 4.21. The smallest absolute Gasteiger partial charge is 0.316 e. The molecule has 0 aliphatic heterocycles. The van der Waals surface area contributed by atoms with Crippen LogP contribution in [0.1, 0.15) is 18.1 Å². The number of benzene rings is 1. The van der Waals surface area contributed by atoms with E-state index in [0.29, 0.717) is 0 Å². The van der Waals surface area contributed by atoms with E-state index in [0.717, 1.165) is 12.1 Å². The number of nitrogens with two attached hydrogens (primary N) is 1. The summed E-state index contributed by atoms with van der Waals surface area (Å²) in [7, 11) is 1.35. The maximum Gasteiger partial charge on any atom is 0.316 e. The number of carbonyl (C=O) groups is 1. The lowest BCUT2D eigenvalue weighted by Crippen LogP contribution is -1.99. The Morgan fingerprint density at radius 3 is 2.44 bits per heavy atom. The van der Waals surface area contributed by atoms with Crippen LogP contribution in [0.15, 0.2) is 18.2 Å². The van der Waals surface area contributed by atoms with Crippen molar-refractivity contribution in [3.63, 3.8) is 0 Å². The van der Waals surface area contributed by atoms with E-state index >= 15 is 0 Å². The Bertz CT molecular complexity index is 334. The van der Waals surface area contributed by atoms with Gasteiger partial charge in [0.25, 0.3) is 0 Å². The van der Waals surface area contributed by atoms with Crippen LogP contribution in [0.4, 0.5) is 5.69 Å². The highest BCUT2D eigenvalue weighted by atomic mass is 79.9. The van der Waals surface area contributed by atoms with E-state index in [1.54, 1.807) is 0 Å². The molecule has 0 bridgehead atoms. The molecule has 0 unspecified atom stereocenters. The molecule has 1 aromatic carbocycles. The van der Waals surface area contributed by atoms with Crippen LogP contribution in [0.3, 0.4) is 0 Å². The van der Waals surface area contributed by atoms with Gasteiger partial charge < -0.3 is 10.5 Å². The third-order valence-electron chi connectivity index (χ3n) is 2.08. The first kappa shape index (κ1) is 15.0. The Morgan fingerprint density at radius 2 is 2.12 bits per heavy atom. The third kappa shape index (κ3) is 5.75. The molecule has 0 atom stereocenters. The molecule has 1 aromatic rings. The van der Waals surface area contributed by atoms with E-state index in [1.807, 2.05) is 13.0 Å². The molecule has 0 heterocycles. The number of methoxy groups -OCH3 is 1. The molecule has 4 heteroatoms. The number of ether oxygens (including phenoxy) is 1. The molecular formula is C12H18BrNO2. The predicted octanol–water partition coefficient (Wildman–Crippen LogP) is 2.69. The summed E-state index contributed by atoms with van der Waals surface area (Å²) in [6.45, 7) is 4.18. The number of anilines is 1. The number of nitrogen functional groups attached to an aromatic ring is 1. The van der Waals surface area contributed by atoms with Crippen LogP contribution in [-0.4, -0.2) is 18.4 Å². The van der Waals surface area contributed by atoms with Gasteiger partial charge in [-0.15, -0.1) is 0 Å². The molecule has 1 rings (SSSR count). The van der Waals surface area contributed by atoms with Crippen molar-refractivity contribution in [1.82, 2.24) is 0 Å². The van der Waals surface area contributed by atoms with Gasteiger partial charge in [-0.2, -0.15) is 0 Å². The van der Waals surface area contributed by atoms with E-state index < -0.39 is 0 Å². The molecule has 0 aliphatic rings. The van der Waals surface area contributed by atoms with Crippen molar-refractivity contribution in [1.29, 1.82) is 0 Å². The molecule has 3 nitrogen and oxygen atoms in total. The zero-order valence-corrected chi connectivity index (χ0v) is 11.5. The summed E-state index contributed by atoms with van der Waals surface area (Å²) in [5.74, 6) is -0.241. The van der Waals surface area contributed by atoms with E-state index in [4.69, 9.17) is 5.73 Å². The number of alkyl halides is 1. The summed E-state index contributed by atoms with van der Waals surface area (Å²) in [6.07, 6.45) is 1.08. The first-order valence-corrected chi connectivity index (χ1v) is 6.15. The SMILES string of the molecule is CCc1ccc(N)c(C)c1.COC(=O)CBr. The van der Waals surface area contributed by atoms with Crippen molar-refractivity contribution in [3.05, 3.63) is 29.3 Å². The molecule has 0 saturated carbocycles. The maximum atomic E-state index is 9.91. The fourth-order valence-electron chi connectivity index (χ4n) is 1.01. The van der Waals surface area contributed by atoms with Crippen LogP contribution < -0.4 is 5.73 Å². The highest BCUT2D eigenvalue weighted by Crippen LogP contribution is 2.12. The minimum absolute atomic E-state index is 0.241. The van der Waals surface area contributed by atoms with E-state index in [-0.39, 0.29) is 11.3 Å². The predicted molar refractivity (Wildman–Crippen MR) is 70.8 cm³/mol. The lowest BCUT2D eigenvalue weighted by atomic mass is 10.1. The van der Waals surface area contributed by atoms with Crippen LogP contribution in [0.2, 0.25) is 0 Å². The molecular weight excluding hydrogens is 270 g/mol. The largest absolute Gasteiger partial charge is 0.468 e. The fourth-order valence-corrected chi connectivity index (χ4v) is 1.24. The first-order chi connectivity index (χ1) is 7.54. The van der Waals surface area contributed by atoms with Crippen LogP contribution in [0.5, 0.6) is 0 Å². The first-order valence-electron chi connectivity index (χ1n) is 5.02. The monoisotopic (exact) mass is 287 g/mol. The number of rotatable bonds is 2. The van der Waals surface area contributed by atoms with Gasteiger partial charge in [0.1, 0.15) is 5.33 Å². The van der Waals surface area contributed by atoms with Crippen LogP contribution >= 0.6 is 15.9 Å². The summed E-state index contributed by atoms with van der Waals surface area (Å²) in [5.41, 5.74) is 9.06. The highest BCUT2D eigenvalue weighted by Gasteiger charge is 1.92. The molecule has 0 spiro atoms. The van der Waals surface area contributed by atoms with Crippen molar-refractivity contribution < 1.29 is 9.53 Å². The van der Waals surface area contributed by atoms with Crippen molar-refractivity contribution in [3.8, 4) is 0 Å². The zero-order valence-electron chi connectivity index (χ0n) is 9.92. The van der Waals surface area contributed by atoms with Crippen LogP contribution in [0, 0.1) is 6.92 Å². The second kappa shape index (κ2) is 8.16. The molecule has 90 valence electrons. The Balaban J connectivity index is 0.000000325. The topological polar surface area (TPSA) is 52.3 Å². The minimum Gasteiger partial charge on any atom is -0.468 e. The minimum atomic E-state index is -0.241. The number of carbonyl (C=O) groups excluding carboxylic acids is 1. The number of esters is 1. The van der Waals surface area contributed by atoms with E-state index in [1.165, 1.54) is 18.2 Å². The normalized spacial score (nSPS) is 9.00. The van der Waals surface area contributed by atoms with E-state index in [9.17, 15) is 4.79 Å². The zero-order chi connectivity index (χ0) is 12.6. The molecule has 16 heavy (non-hydrogen) atoms. The Hall–Kier alpha value is -1.03. The van der Waals surface area contributed by atoms with E-state index in [2.05, 4.69) is 39.7 Å². The average molecular weight is 288 g/mol. The Kier molecular flexibility index (Phi) is 7.64. The number of hydrogen-bond donors (Lipinski definition) is 1. The fraction of sp³-hybridized carbons (Fsp3) is 0.417. The molecule has 0 amide bonds. The van der Waals surface area contributed by atoms with Crippen molar-refractivity contribution in [2.24, 2.45) is 0 Å². The Morgan fingerprint density at radius 1 is 1.50 bits per heavy atom. The van der Waals surface area contributed by atoms with Gasteiger partial charge in [-0.1, -0.05) is 35.0 Å². The number of halogens is 1. The van der Waals surface area contributed by atoms with Crippen LogP contribution in [-0.2, 0) is 16.0 Å². The summed E-state index contributed by atoms with van der Waals surface area (Å²) in [5, 5.41) is 0.281. The average Bonchev–Trinajstić information content (AvgIpc) is 2.32.